The molecule has 4 rings (SSSR count). The monoisotopic (exact) mass is 387 g/mol. The quantitative estimate of drug-likeness (QED) is 0.721. The van der Waals surface area contributed by atoms with Gasteiger partial charge in [0, 0.05) is 12.6 Å². The van der Waals surface area contributed by atoms with Crippen LogP contribution in [0.5, 0.6) is 11.5 Å². The largest absolute Gasteiger partial charge is 0.486 e. The number of amides is 1. The third kappa shape index (κ3) is 3.78. The summed E-state index contributed by atoms with van der Waals surface area (Å²) in [6.45, 7) is 1.79. The van der Waals surface area contributed by atoms with E-state index in [0.29, 0.717) is 25.3 Å². The number of likely N-dealkylation sites (tertiary alicyclic amines) is 1. The first kappa shape index (κ1) is 17.9. The number of carbonyl (C=O) groups excluding carboxylic acids is 1. The molecule has 2 heterocycles. The van der Waals surface area contributed by atoms with Gasteiger partial charge >= 0.3 is 0 Å². The lowest BCUT2D eigenvalue weighted by molar-refractivity contribution is -0.126. The molecule has 2 aliphatic heterocycles. The Morgan fingerprint density at radius 3 is 2.78 bits per heavy atom. The predicted octanol–water partition coefficient (Wildman–Crippen LogP) is 4.63. The summed E-state index contributed by atoms with van der Waals surface area (Å²) < 4.78 is 24.5. The number of hydrogen-bond acceptors (Lipinski definition) is 3. The molecule has 0 radical (unpaired) electrons. The molecule has 0 saturated carbocycles. The molecule has 1 saturated heterocycles. The molecule has 1 fully saturated rings. The van der Waals surface area contributed by atoms with E-state index in [1.807, 2.05) is 23.1 Å². The Bertz CT molecular complexity index is 899. The van der Waals surface area contributed by atoms with E-state index >= 15 is 0 Å². The normalized spacial score (nSPS) is 18.9. The van der Waals surface area contributed by atoms with Gasteiger partial charge in [-0.15, -0.1) is 0 Å². The van der Waals surface area contributed by atoms with Gasteiger partial charge < -0.3 is 14.4 Å². The van der Waals surface area contributed by atoms with Crippen molar-refractivity contribution in [1.29, 1.82) is 0 Å². The molecule has 2 aromatic carbocycles. The van der Waals surface area contributed by atoms with E-state index in [4.69, 9.17) is 21.1 Å². The van der Waals surface area contributed by atoms with Gasteiger partial charge in [-0.05, 0) is 54.3 Å². The number of benzene rings is 2. The second kappa shape index (κ2) is 7.61. The van der Waals surface area contributed by atoms with Gasteiger partial charge in [-0.1, -0.05) is 23.7 Å². The summed E-state index contributed by atoms with van der Waals surface area (Å²) in [5.74, 6) is 0.926. The Kier molecular flexibility index (Phi) is 5.03. The molecule has 2 aromatic rings. The molecule has 0 N–H and O–H groups in total. The van der Waals surface area contributed by atoms with Crippen molar-refractivity contribution in [1.82, 2.24) is 4.90 Å². The Balaban J connectivity index is 1.51. The van der Waals surface area contributed by atoms with Gasteiger partial charge in [0.2, 0.25) is 5.91 Å². The minimum atomic E-state index is -0.474. The van der Waals surface area contributed by atoms with Crippen LogP contribution in [0.3, 0.4) is 0 Å². The molecule has 4 nitrogen and oxygen atoms in total. The van der Waals surface area contributed by atoms with E-state index in [2.05, 4.69) is 0 Å². The van der Waals surface area contributed by atoms with Crippen LogP contribution in [-0.2, 0) is 4.79 Å². The van der Waals surface area contributed by atoms with Crippen LogP contribution in [0.4, 0.5) is 4.39 Å². The minimum absolute atomic E-state index is 0.00906. The van der Waals surface area contributed by atoms with Crippen LogP contribution in [-0.4, -0.2) is 30.6 Å². The summed E-state index contributed by atoms with van der Waals surface area (Å²) in [5, 5.41) is 0.0416. The second-order valence-corrected chi connectivity index (χ2v) is 7.01. The molecule has 140 valence electrons. The first-order valence-corrected chi connectivity index (χ1v) is 9.33. The highest BCUT2D eigenvalue weighted by Crippen LogP contribution is 2.38. The third-order valence-corrected chi connectivity index (χ3v) is 5.14. The van der Waals surface area contributed by atoms with Gasteiger partial charge in [0.1, 0.15) is 19.0 Å². The Hall–Kier alpha value is -2.53. The van der Waals surface area contributed by atoms with Crippen molar-refractivity contribution in [2.24, 2.45) is 0 Å². The molecule has 1 amide bonds. The fourth-order valence-corrected chi connectivity index (χ4v) is 3.71. The highest BCUT2D eigenvalue weighted by molar-refractivity contribution is 6.30. The van der Waals surface area contributed by atoms with E-state index in [0.717, 1.165) is 29.9 Å². The van der Waals surface area contributed by atoms with Crippen molar-refractivity contribution < 1.29 is 18.7 Å². The summed E-state index contributed by atoms with van der Waals surface area (Å²) in [5.41, 5.74) is 1.73. The third-order valence-electron chi connectivity index (χ3n) is 4.85. The van der Waals surface area contributed by atoms with E-state index in [9.17, 15) is 9.18 Å². The average molecular weight is 388 g/mol. The standard InChI is InChI=1S/C21H19ClFNO3/c22-16-12-14(3-6-17(16)23)4-8-21(25)24-9-1-2-18(24)15-5-7-19-20(13-15)27-11-10-26-19/h3-8,12-13,18H,1-2,9-11H2/b8-4+. The molecule has 1 atom stereocenters. The maximum Gasteiger partial charge on any atom is 0.247 e. The van der Waals surface area contributed by atoms with Crippen molar-refractivity contribution in [3.8, 4) is 11.5 Å². The maximum absolute atomic E-state index is 13.3. The SMILES string of the molecule is O=C(/C=C/c1ccc(F)c(Cl)c1)N1CCCC1c1ccc2c(c1)OCCO2. The number of halogens is 2. The van der Waals surface area contributed by atoms with Crippen molar-refractivity contribution in [2.75, 3.05) is 19.8 Å². The van der Waals surface area contributed by atoms with Gasteiger partial charge in [0.25, 0.3) is 0 Å². The van der Waals surface area contributed by atoms with E-state index in [1.54, 1.807) is 12.1 Å². The van der Waals surface area contributed by atoms with E-state index < -0.39 is 5.82 Å². The van der Waals surface area contributed by atoms with Crippen LogP contribution in [0, 0.1) is 5.82 Å². The minimum Gasteiger partial charge on any atom is -0.486 e. The molecule has 0 spiro atoms. The fraction of sp³-hybridized carbons (Fsp3) is 0.286. The Morgan fingerprint density at radius 2 is 1.96 bits per heavy atom. The van der Waals surface area contributed by atoms with Crippen LogP contribution in [0.1, 0.15) is 30.0 Å². The van der Waals surface area contributed by atoms with Crippen molar-refractivity contribution >= 4 is 23.6 Å². The topological polar surface area (TPSA) is 38.8 Å². The van der Waals surface area contributed by atoms with Crippen molar-refractivity contribution in [2.45, 2.75) is 18.9 Å². The van der Waals surface area contributed by atoms with Crippen LogP contribution < -0.4 is 9.47 Å². The van der Waals surface area contributed by atoms with E-state index in [1.165, 1.54) is 18.2 Å². The highest BCUT2D eigenvalue weighted by Gasteiger charge is 2.29. The molecule has 1 unspecified atom stereocenters. The van der Waals surface area contributed by atoms with Gasteiger partial charge in [-0.3, -0.25) is 4.79 Å². The number of carbonyl (C=O) groups is 1. The van der Waals surface area contributed by atoms with Gasteiger partial charge in [0.15, 0.2) is 11.5 Å². The smallest absolute Gasteiger partial charge is 0.247 e. The zero-order valence-corrected chi connectivity index (χ0v) is 15.4. The van der Waals surface area contributed by atoms with Crippen LogP contribution >= 0.6 is 11.6 Å². The first-order valence-electron chi connectivity index (χ1n) is 8.95. The molecule has 6 heteroatoms. The molecular formula is C21H19ClFNO3. The predicted molar refractivity (Wildman–Crippen MR) is 102 cm³/mol. The second-order valence-electron chi connectivity index (χ2n) is 6.60. The number of rotatable bonds is 3. The summed E-state index contributed by atoms with van der Waals surface area (Å²) in [4.78, 5) is 14.6. The summed E-state index contributed by atoms with van der Waals surface area (Å²) in [6, 6.07) is 10.3. The molecule has 27 heavy (non-hydrogen) atoms. The van der Waals surface area contributed by atoms with Crippen LogP contribution in [0.25, 0.3) is 6.08 Å². The summed E-state index contributed by atoms with van der Waals surface area (Å²) in [7, 11) is 0. The zero-order chi connectivity index (χ0) is 18.8. The number of nitrogens with zero attached hydrogens (tertiary/aromatic N) is 1. The first-order chi connectivity index (χ1) is 13.1. The van der Waals surface area contributed by atoms with E-state index in [-0.39, 0.29) is 17.0 Å². The lowest BCUT2D eigenvalue weighted by atomic mass is 10.0. The van der Waals surface area contributed by atoms with Crippen LogP contribution in [0.2, 0.25) is 5.02 Å². The van der Waals surface area contributed by atoms with Gasteiger partial charge in [-0.2, -0.15) is 0 Å². The molecule has 0 bridgehead atoms. The molecule has 2 aliphatic rings. The Labute approximate surface area is 162 Å². The lowest BCUT2D eigenvalue weighted by Gasteiger charge is -2.26. The molecule has 0 aliphatic carbocycles. The zero-order valence-electron chi connectivity index (χ0n) is 14.7. The molecule has 0 aromatic heterocycles. The molecular weight excluding hydrogens is 369 g/mol. The van der Waals surface area contributed by atoms with Crippen molar-refractivity contribution in [3.05, 3.63) is 64.4 Å². The lowest BCUT2D eigenvalue weighted by Crippen LogP contribution is -2.29. The van der Waals surface area contributed by atoms with Gasteiger partial charge in [-0.25, -0.2) is 4.39 Å². The number of hydrogen-bond donors (Lipinski definition) is 0. The van der Waals surface area contributed by atoms with Crippen LogP contribution in [0.15, 0.2) is 42.5 Å². The Morgan fingerprint density at radius 1 is 1.15 bits per heavy atom. The summed E-state index contributed by atoms with van der Waals surface area (Å²) in [6.07, 6.45) is 5.02. The maximum atomic E-state index is 13.3. The number of ether oxygens (including phenoxy) is 2. The fourth-order valence-electron chi connectivity index (χ4n) is 3.52. The van der Waals surface area contributed by atoms with Crippen molar-refractivity contribution in [3.63, 3.8) is 0 Å². The van der Waals surface area contributed by atoms with Gasteiger partial charge in [0.05, 0.1) is 11.1 Å². The summed E-state index contributed by atoms with van der Waals surface area (Å²) >= 11 is 5.79. The highest BCUT2D eigenvalue weighted by atomic mass is 35.5. The number of fused-ring (bicyclic) bond motifs is 1. The average Bonchev–Trinajstić information content (AvgIpc) is 3.18.